The largest absolute Gasteiger partial charge is 0.379 e. The molecule has 0 bridgehead atoms. The Hall–Kier alpha value is -2.03. The quantitative estimate of drug-likeness (QED) is 0.820. The number of rotatable bonds is 6. The van der Waals surface area contributed by atoms with E-state index in [-0.39, 0.29) is 18.1 Å². The number of hydrogen-bond acceptors (Lipinski definition) is 6. The lowest BCUT2D eigenvalue weighted by Gasteiger charge is -2.32. The highest BCUT2D eigenvalue weighted by Gasteiger charge is 2.29. The highest BCUT2D eigenvalue weighted by molar-refractivity contribution is 5.94. The van der Waals surface area contributed by atoms with Crippen molar-refractivity contribution in [2.24, 2.45) is 0 Å². The average molecular weight is 347 g/mol. The molecule has 1 fully saturated rings. The van der Waals surface area contributed by atoms with Crippen molar-refractivity contribution in [1.82, 2.24) is 24.6 Å². The summed E-state index contributed by atoms with van der Waals surface area (Å²) < 4.78 is 13.2. The van der Waals surface area contributed by atoms with Gasteiger partial charge in [-0.3, -0.25) is 9.20 Å². The number of nitrogens with one attached hydrogen (secondary N) is 1. The fourth-order valence-electron chi connectivity index (χ4n) is 2.95. The maximum Gasteiger partial charge on any atom is 0.270 e. The number of nitrogens with zero attached hydrogens (tertiary/aromatic N) is 4. The number of carbonyl (C=O) groups excluding carboxylic acids is 1. The summed E-state index contributed by atoms with van der Waals surface area (Å²) in [6.45, 7) is 4.38. The minimum atomic E-state index is -0.185. The van der Waals surface area contributed by atoms with Gasteiger partial charge < -0.3 is 19.7 Å². The fourth-order valence-corrected chi connectivity index (χ4v) is 2.95. The topological polar surface area (TPSA) is 81.0 Å². The van der Waals surface area contributed by atoms with E-state index in [1.807, 2.05) is 21.0 Å². The summed E-state index contributed by atoms with van der Waals surface area (Å²) in [4.78, 5) is 23.4. The summed E-state index contributed by atoms with van der Waals surface area (Å²) in [6, 6.07) is 1.60. The van der Waals surface area contributed by atoms with Gasteiger partial charge in [0.2, 0.25) is 5.78 Å². The summed E-state index contributed by atoms with van der Waals surface area (Å²) >= 11 is 0. The Morgan fingerprint density at radius 2 is 2.36 bits per heavy atom. The second-order valence-electron chi connectivity index (χ2n) is 6.49. The molecule has 1 saturated heterocycles. The zero-order valence-electron chi connectivity index (χ0n) is 14.9. The first-order chi connectivity index (χ1) is 12.1. The number of ether oxygens (including phenoxy) is 2. The SMILES string of the molecule is Cc1nc2ncccn2c1C(=O)N[C@H]1COCC[C@H]1OCCN(C)C. The third-order valence-corrected chi connectivity index (χ3v) is 4.27. The summed E-state index contributed by atoms with van der Waals surface area (Å²) in [6.07, 6.45) is 4.17. The average Bonchev–Trinajstić information content (AvgIpc) is 2.92. The van der Waals surface area contributed by atoms with E-state index in [9.17, 15) is 4.79 Å². The Kier molecular flexibility index (Phi) is 5.62. The zero-order valence-corrected chi connectivity index (χ0v) is 14.9. The molecule has 0 spiro atoms. The number of hydrogen-bond donors (Lipinski definition) is 1. The van der Waals surface area contributed by atoms with E-state index < -0.39 is 0 Å². The van der Waals surface area contributed by atoms with Crippen molar-refractivity contribution in [2.75, 3.05) is 40.5 Å². The minimum absolute atomic E-state index is 0.0460. The van der Waals surface area contributed by atoms with Gasteiger partial charge in [-0.1, -0.05) is 0 Å². The van der Waals surface area contributed by atoms with Crippen molar-refractivity contribution < 1.29 is 14.3 Å². The van der Waals surface area contributed by atoms with Crippen molar-refractivity contribution in [2.45, 2.75) is 25.5 Å². The van der Waals surface area contributed by atoms with Gasteiger partial charge in [0, 0.05) is 25.5 Å². The summed E-state index contributed by atoms with van der Waals surface area (Å²) in [5.41, 5.74) is 1.15. The number of aromatic nitrogens is 3. The van der Waals surface area contributed by atoms with E-state index in [0.29, 0.717) is 37.0 Å². The van der Waals surface area contributed by atoms with Crippen LogP contribution in [0.1, 0.15) is 22.6 Å². The Bertz CT molecular complexity index is 730. The van der Waals surface area contributed by atoms with Crippen LogP contribution in [0.3, 0.4) is 0 Å². The first-order valence-electron chi connectivity index (χ1n) is 8.51. The monoisotopic (exact) mass is 347 g/mol. The molecule has 8 nitrogen and oxygen atoms in total. The number of imidazole rings is 1. The van der Waals surface area contributed by atoms with Crippen LogP contribution in [-0.2, 0) is 9.47 Å². The highest BCUT2D eigenvalue weighted by Crippen LogP contribution is 2.15. The lowest BCUT2D eigenvalue weighted by Crippen LogP contribution is -2.51. The third kappa shape index (κ3) is 4.15. The molecule has 0 aromatic carbocycles. The van der Waals surface area contributed by atoms with Gasteiger partial charge in [0.1, 0.15) is 5.69 Å². The molecule has 3 heterocycles. The molecule has 8 heteroatoms. The normalized spacial score (nSPS) is 21.0. The maximum atomic E-state index is 12.8. The molecule has 3 rings (SSSR count). The molecule has 0 aliphatic carbocycles. The maximum absolute atomic E-state index is 12.8. The molecule has 136 valence electrons. The number of aryl methyl sites for hydroxylation is 1. The lowest BCUT2D eigenvalue weighted by atomic mass is 10.1. The van der Waals surface area contributed by atoms with E-state index in [1.54, 1.807) is 22.9 Å². The fraction of sp³-hybridized carbons (Fsp3) is 0.588. The smallest absolute Gasteiger partial charge is 0.270 e. The number of carbonyl (C=O) groups is 1. The van der Waals surface area contributed by atoms with E-state index in [4.69, 9.17) is 9.47 Å². The predicted octanol–water partition coefficient (Wildman–Crippen LogP) is 0.503. The van der Waals surface area contributed by atoms with Gasteiger partial charge in [-0.2, -0.15) is 0 Å². The molecule has 1 aliphatic heterocycles. The van der Waals surface area contributed by atoms with Crippen molar-refractivity contribution in [3.05, 3.63) is 29.8 Å². The van der Waals surface area contributed by atoms with E-state index >= 15 is 0 Å². The van der Waals surface area contributed by atoms with Crippen LogP contribution in [0, 0.1) is 6.92 Å². The van der Waals surface area contributed by atoms with Crippen LogP contribution in [0.15, 0.2) is 18.5 Å². The van der Waals surface area contributed by atoms with Crippen molar-refractivity contribution in [3.63, 3.8) is 0 Å². The Balaban J connectivity index is 1.70. The number of amides is 1. The van der Waals surface area contributed by atoms with E-state index in [1.165, 1.54) is 0 Å². The molecule has 2 atom stereocenters. The van der Waals surface area contributed by atoms with Crippen LogP contribution < -0.4 is 5.32 Å². The van der Waals surface area contributed by atoms with Crippen LogP contribution >= 0.6 is 0 Å². The van der Waals surface area contributed by atoms with Gasteiger partial charge in [-0.15, -0.1) is 0 Å². The van der Waals surface area contributed by atoms with Crippen molar-refractivity contribution in [3.8, 4) is 0 Å². The molecule has 1 N–H and O–H groups in total. The second kappa shape index (κ2) is 7.90. The molecule has 0 unspecified atom stereocenters. The van der Waals surface area contributed by atoms with Crippen LogP contribution in [0.2, 0.25) is 0 Å². The standard InChI is InChI=1S/C17H25N5O3/c1-12-15(22-7-4-6-18-17(22)19-12)16(23)20-13-11-24-9-5-14(13)25-10-8-21(2)3/h4,6-7,13-14H,5,8-11H2,1-3H3,(H,20,23)/t13-,14+/m0/s1. The zero-order chi connectivity index (χ0) is 17.8. The van der Waals surface area contributed by atoms with E-state index in [2.05, 4.69) is 20.2 Å². The van der Waals surface area contributed by atoms with E-state index in [0.717, 1.165) is 13.0 Å². The predicted molar refractivity (Wildman–Crippen MR) is 92.7 cm³/mol. The Morgan fingerprint density at radius 1 is 1.52 bits per heavy atom. The van der Waals surface area contributed by atoms with Gasteiger partial charge in [0.25, 0.3) is 5.91 Å². The van der Waals surface area contributed by atoms with Crippen molar-refractivity contribution >= 4 is 11.7 Å². The van der Waals surface area contributed by atoms with Crippen LogP contribution in [0.5, 0.6) is 0 Å². The van der Waals surface area contributed by atoms with Gasteiger partial charge in [0.15, 0.2) is 0 Å². The Labute approximate surface area is 147 Å². The molecule has 1 aliphatic rings. The summed E-state index contributed by atoms with van der Waals surface area (Å²) in [7, 11) is 4.02. The summed E-state index contributed by atoms with van der Waals surface area (Å²) in [5, 5.41) is 3.05. The highest BCUT2D eigenvalue weighted by atomic mass is 16.5. The van der Waals surface area contributed by atoms with Gasteiger partial charge in [-0.25, -0.2) is 9.97 Å². The number of fused-ring (bicyclic) bond motifs is 1. The first kappa shape index (κ1) is 17.8. The minimum Gasteiger partial charge on any atom is -0.379 e. The Morgan fingerprint density at radius 3 is 3.16 bits per heavy atom. The molecule has 0 radical (unpaired) electrons. The van der Waals surface area contributed by atoms with Gasteiger partial charge in [-0.05, 0) is 33.5 Å². The van der Waals surface area contributed by atoms with Crippen molar-refractivity contribution in [1.29, 1.82) is 0 Å². The molecule has 25 heavy (non-hydrogen) atoms. The lowest BCUT2D eigenvalue weighted by molar-refractivity contribution is -0.0562. The van der Waals surface area contributed by atoms with Crippen LogP contribution in [0.4, 0.5) is 0 Å². The number of likely N-dealkylation sites (N-methyl/N-ethyl adjacent to an activating group) is 1. The first-order valence-corrected chi connectivity index (χ1v) is 8.51. The second-order valence-corrected chi connectivity index (χ2v) is 6.49. The molecule has 2 aromatic rings. The van der Waals surface area contributed by atoms with Crippen LogP contribution in [-0.4, -0.2) is 77.8 Å². The van der Waals surface area contributed by atoms with Crippen LogP contribution in [0.25, 0.3) is 5.78 Å². The molecular weight excluding hydrogens is 322 g/mol. The molecule has 2 aromatic heterocycles. The van der Waals surface area contributed by atoms with Gasteiger partial charge in [0.05, 0.1) is 31.1 Å². The molecular formula is C17H25N5O3. The molecule has 0 saturated carbocycles. The third-order valence-electron chi connectivity index (χ3n) is 4.27. The summed E-state index contributed by atoms with van der Waals surface area (Å²) in [5.74, 6) is 0.332. The van der Waals surface area contributed by atoms with Gasteiger partial charge >= 0.3 is 0 Å². The molecule has 1 amide bonds.